The molecule has 0 aliphatic heterocycles. The summed E-state index contributed by atoms with van der Waals surface area (Å²) in [5.74, 6) is -0.291. The summed E-state index contributed by atoms with van der Waals surface area (Å²) in [6.45, 7) is 0. The highest BCUT2D eigenvalue weighted by Crippen LogP contribution is 2.23. The maximum Gasteiger partial charge on any atom is 0.273 e. The first kappa shape index (κ1) is 8.06. The van der Waals surface area contributed by atoms with Crippen LogP contribution in [0.3, 0.4) is 0 Å². The highest BCUT2D eigenvalue weighted by molar-refractivity contribution is 7.17. The number of hydrogen-bond acceptors (Lipinski definition) is 4. The molecule has 0 fully saturated rings. The maximum atomic E-state index is 11.2. The second kappa shape index (κ2) is 2.74. The number of thiophene rings is 1. The first-order valence-corrected chi connectivity index (χ1v) is 4.49. The molecular weight excluding hydrogens is 190 g/mol. The van der Waals surface area contributed by atoms with Gasteiger partial charge in [0.05, 0.1) is 4.70 Å². The number of aromatic nitrogens is 2. The molecule has 2 aromatic rings. The molecule has 0 bridgehead atoms. The predicted molar refractivity (Wildman–Crippen MR) is 48.2 cm³/mol. The van der Waals surface area contributed by atoms with E-state index >= 15 is 0 Å². The van der Waals surface area contributed by atoms with Crippen LogP contribution in [0.1, 0.15) is 10.5 Å². The molecule has 2 heterocycles. The van der Waals surface area contributed by atoms with Gasteiger partial charge in [-0.15, -0.1) is 16.4 Å². The number of amides is 1. The normalized spacial score (nSPS) is 10.5. The van der Waals surface area contributed by atoms with Crippen LogP contribution in [0, 0.1) is 0 Å². The van der Waals surface area contributed by atoms with E-state index in [1.807, 2.05) is 0 Å². The SMILES string of the molecule is CNC(=O)c1nn(O)c2ccsc12. The standard InChI is InChI=1S/C7H7N3O2S/c1-8-7(11)5-6-4(2-3-13-6)10(12)9-5/h2-3,12H,1H3,(H,8,11). The highest BCUT2D eigenvalue weighted by Gasteiger charge is 2.16. The molecule has 68 valence electrons. The first-order valence-electron chi connectivity index (χ1n) is 3.61. The molecule has 1 amide bonds. The summed E-state index contributed by atoms with van der Waals surface area (Å²) >= 11 is 1.37. The van der Waals surface area contributed by atoms with Crippen molar-refractivity contribution in [3.8, 4) is 0 Å². The van der Waals surface area contributed by atoms with Gasteiger partial charge >= 0.3 is 0 Å². The Morgan fingerprint density at radius 2 is 2.54 bits per heavy atom. The van der Waals surface area contributed by atoms with E-state index in [9.17, 15) is 10.0 Å². The zero-order valence-electron chi connectivity index (χ0n) is 6.81. The van der Waals surface area contributed by atoms with Crippen LogP contribution in [0.4, 0.5) is 0 Å². The molecule has 0 radical (unpaired) electrons. The van der Waals surface area contributed by atoms with E-state index in [0.29, 0.717) is 10.2 Å². The van der Waals surface area contributed by atoms with Crippen molar-refractivity contribution in [1.82, 2.24) is 15.3 Å². The van der Waals surface area contributed by atoms with Crippen molar-refractivity contribution in [2.45, 2.75) is 0 Å². The lowest BCUT2D eigenvalue weighted by Gasteiger charge is -1.91. The van der Waals surface area contributed by atoms with Gasteiger partial charge in [0, 0.05) is 7.05 Å². The number of hydrogen-bond donors (Lipinski definition) is 2. The number of rotatable bonds is 1. The third-order valence-electron chi connectivity index (χ3n) is 1.71. The average molecular weight is 197 g/mol. The first-order chi connectivity index (χ1) is 6.24. The van der Waals surface area contributed by atoms with Crippen LogP contribution in [0.15, 0.2) is 11.4 Å². The summed E-state index contributed by atoms with van der Waals surface area (Å²) in [5, 5.41) is 17.2. The van der Waals surface area contributed by atoms with Gasteiger partial charge in [0.25, 0.3) is 5.91 Å². The Hall–Kier alpha value is -1.56. The van der Waals surface area contributed by atoms with Crippen LogP contribution in [-0.2, 0) is 0 Å². The second-order valence-corrected chi connectivity index (χ2v) is 3.37. The number of carbonyl (C=O) groups is 1. The smallest absolute Gasteiger partial charge is 0.273 e. The molecule has 0 aliphatic carbocycles. The monoisotopic (exact) mass is 197 g/mol. The van der Waals surface area contributed by atoms with Crippen LogP contribution in [0.5, 0.6) is 0 Å². The fourth-order valence-corrected chi connectivity index (χ4v) is 1.95. The molecule has 5 nitrogen and oxygen atoms in total. The number of nitrogens with one attached hydrogen (secondary N) is 1. The van der Waals surface area contributed by atoms with Gasteiger partial charge in [-0.2, -0.15) is 0 Å². The molecule has 13 heavy (non-hydrogen) atoms. The fourth-order valence-electron chi connectivity index (χ4n) is 1.10. The molecule has 0 saturated heterocycles. The Kier molecular flexibility index (Phi) is 1.70. The third kappa shape index (κ3) is 1.06. The molecule has 0 saturated carbocycles. The minimum absolute atomic E-state index is 0.259. The maximum absolute atomic E-state index is 11.2. The molecule has 6 heteroatoms. The van der Waals surface area contributed by atoms with Gasteiger partial charge in [-0.1, -0.05) is 4.85 Å². The quantitative estimate of drug-likeness (QED) is 0.661. The number of nitrogens with zero attached hydrogens (tertiary/aromatic N) is 2. The molecule has 2 rings (SSSR count). The third-order valence-corrected chi connectivity index (χ3v) is 2.62. The molecular formula is C7H7N3O2S. The fraction of sp³-hybridized carbons (Fsp3) is 0.143. The minimum atomic E-state index is -0.291. The van der Waals surface area contributed by atoms with E-state index in [1.165, 1.54) is 18.4 Å². The van der Waals surface area contributed by atoms with Crippen molar-refractivity contribution in [1.29, 1.82) is 0 Å². The molecule has 0 unspecified atom stereocenters. The average Bonchev–Trinajstić information content (AvgIpc) is 2.68. The molecule has 2 aromatic heterocycles. The summed E-state index contributed by atoms with van der Waals surface area (Å²) < 4.78 is 0.696. The number of carbonyl (C=O) groups excluding carboxylic acids is 1. The van der Waals surface area contributed by atoms with Gasteiger partial charge in [-0.05, 0) is 11.4 Å². The van der Waals surface area contributed by atoms with Crippen molar-refractivity contribution < 1.29 is 10.0 Å². The van der Waals surface area contributed by atoms with E-state index in [4.69, 9.17) is 0 Å². The topological polar surface area (TPSA) is 67.2 Å². The molecule has 0 aliphatic rings. The predicted octanol–water partition coefficient (Wildman–Crippen LogP) is 0.695. The van der Waals surface area contributed by atoms with Gasteiger partial charge in [0.15, 0.2) is 5.69 Å². The zero-order chi connectivity index (χ0) is 9.42. The van der Waals surface area contributed by atoms with Crippen molar-refractivity contribution >= 4 is 27.5 Å². The summed E-state index contributed by atoms with van der Waals surface area (Å²) in [5.41, 5.74) is 0.818. The summed E-state index contributed by atoms with van der Waals surface area (Å²) in [4.78, 5) is 12.0. The summed E-state index contributed by atoms with van der Waals surface area (Å²) in [6.07, 6.45) is 0. The Bertz CT molecular complexity index is 459. The van der Waals surface area contributed by atoms with Crippen molar-refractivity contribution in [3.63, 3.8) is 0 Å². The van der Waals surface area contributed by atoms with Gasteiger partial charge in [0.2, 0.25) is 0 Å². The Labute approximate surface area is 77.6 Å². The van der Waals surface area contributed by atoms with Crippen LogP contribution in [0.25, 0.3) is 10.2 Å². The van der Waals surface area contributed by atoms with Crippen molar-refractivity contribution in [3.05, 3.63) is 17.1 Å². The Morgan fingerprint density at radius 1 is 1.77 bits per heavy atom. The lowest BCUT2D eigenvalue weighted by molar-refractivity contribution is 0.0947. The molecule has 2 N–H and O–H groups in total. The Balaban J connectivity index is 2.68. The van der Waals surface area contributed by atoms with Gasteiger partial charge in [-0.3, -0.25) is 4.79 Å². The lowest BCUT2D eigenvalue weighted by Crippen LogP contribution is -2.18. The molecule has 0 aromatic carbocycles. The number of fused-ring (bicyclic) bond motifs is 1. The van der Waals surface area contributed by atoms with E-state index in [0.717, 1.165) is 4.85 Å². The van der Waals surface area contributed by atoms with E-state index in [1.54, 1.807) is 11.4 Å². The van der Waals surface area contributed by atoms with Crippen LogP contribution >= 0.6 is 11.3 Å². The van der Waals surface area contributed by atoms with Gasteiger partial charge in [-0.25, -0.2) is 0 Å². The highest BCUT2D eigenvalue weighted by atomic mass is 32.1. The summed E-state index contributed by atoms with van der Waals surface area (Å²) in [7, 11) is 1.53. The van der Waals surface area contributed by atoms with E-state index in [2.05, 4.69) is 10.4 Å². The van der Waals surface area contributed by atoms with Crippen molar-refractivity contribution in [2.24, 2.45) is 0 Å². The minimum Gasteiger partial charge on any atom is -0.411 e. The Morgan fingerprint density at radius 3 is 3.23 bits per heavy atom. The van der Waals surface area contributed by atoms with E-state index < -0.39 is 0 Å². The largest absolute Gasteiger partial charge is 0.411 e. The van der Waals surface area contributed by atoms with Crippen LogP contribution in [0.2, 0.25) is 0 Å². The van der Waals surface area contributed by atoms with E-state index in [-0.39, 0.29) is 11.6 Å². The zero-order valence-corrected chi connectivity index (χ0v) is 7.63. The van der Waals surface area contributed by atoms with Gasteiger partial charge < -0.3 is 10.5 Å². The van der Waals surface area contributed by atoms with Gasteiger partial charge in [0.1, 0.15) is 5.52 Å². The van der Waals surface area contributed by atoms with Crippen molar-refractivity contribution in [2.75, 3.05) is 7.05 Å². The lowest BCUT2D eigenvalue weighted by atomic mass is 10.4. The molecule has 0 spiro atoms. The molecule has 0 atom stereocenters. The summed E-state index contributed by atoms with van der Waals surface area (Å²) in [6, 6.07) is 1.71. The van der Waals surface area contributed by atoms with Crippen LogP contribution in [-0.4, -0.2) is 28.1 Å². The second-order valence-electron chi connectivity index (χ2n) is 2.45. The van der Waals surface area contributed by atoms with Crippen LogP contribution < -0.4 is 5.32 Å².